The molecule has 4 rings (SSSR count). The van der Waals surface area contributed by atoms with Crippen molar-refractivity contribution in [2.24, 2.45) is 0 Å². The molecular weight excluding hydrogens is 437 g/mol. The number of amides is 1. The smallest absolute Gasteiger partial charge is 0.475 e. The molecule has 3 heterocycles. The quantitative estimate of drug-likeness (QED) is 0.707. The van der Waals surface area contributed by atoms with E-state index < -0.39 is 12.1 Å². The van der Waals surface area contributed by atoms with Gasteiger partial charge < -0.3 is 19.6 Å². The highest BCUT2D eigenvalue weighted by molar-refractivity contribution is 5.79. The number of carbonyl (C=O) groups excluding carboxylic acids is 1. The molecule has 1 N–H and O–H groups in total. The zero-order valence-electron chi connectivity index (χ0n) is 18.9. The van der Waals surface area contributed by atoms with E-state index in [1.165, 1.54) is 12.0 Å². The zero-order chi connectivity index (χ0) is 23.9. The Morgan fingerprint density at radius 1 is 1.12 bits per heavy atom. The molecule has 1 amide bonds. The third-order valence-electron chi connectivity index (χ3n) is 6.90. The molecule has 0 bridgehead atoms. The van der Waals surface area contributed by atoms with Crippen LogP contribution in [0.2, 0.25) is 0 Å². The van der Waals surface area contributed by atoms with E-state index in [1.54, 1.807) is 0 Å². The summed E-state index contributed by atoms with van der Waals surface area (Å²) in [7, 11) is 0. The number of aliphatic carboxylic acids is 1. The van der Waals surface area contributed by atoms with Crippen molar-refractivity contribution in [3.05, 3.63) is 35.9 Å². The van der Waals surface area contributed by atoms with Crippen molar-refractivity contribution in [1.82, 2.24) is 9.80 Å². The third-order valence-corrected chi connectivity index (χ3v) is 6.90. The Kier molecular flexibility index (Phi) is 8.75. The van der Waals surface area contributed by atoms with Crippen LogP contribution in [0.1, 0.15) is 50.5 Å². The molecule has 9 heteroatoms. The molecule has 0 radical (unpaired) electrons. The van der Waals surface area contributed by atoms with E-state index in [9.17, 15) is 18.0 Å². The highest BCUT2D eigenvalue weighted by Gasteiger charge is 2.46. The van der Waals surface area contributed by atoms with E-state index in [-0.39, 0.29) is 11.6 Å². The Morgan fingerprint density at radius 2 is 1.85 bits per heavy atom. The summed E-state index contributed by atoms with van der Waals surface area (Å²) >= 11 is 0. The summed E-state index contributed by atoms with van der Waals surface area (Å²) < 4.78 is 37.6. The van der Waals surface area contributed by atoms with Gasteiger partial charge >= 0.3 is 12.1 Å². The van der Waals surface area contributed by atoms with Crippen molar-refractivity contribution in [2.75, 3.05) is 32.8 Å². The molecule has 0 saturated carbocycles. The fourth-order valence-corrected chi connectivity index (χ4v) is 5.07. The first-order valence-corrected chi connectivity index (χ1v) is 11.7. The Balaban J connectivity index is 0.000000383. The highest BCUT2D eigenvalue weighted by Crippen LogP contribution is 2.39. The number of hydrogen-bond donors (Lipinski definition) is 1. The van der Waals surface area contributed by atoms with Crippen LogP contribution in [0.15, 0.2) is 30.3 Å². The molecule has 3 aliphatic heterocycles. The summed E-state index contributed by atoms with van der Waals surface area (Å²) in [5.74, 6) is -2.40. The first kappa shape index (κ1) is 25.5. The van der Waals surface area contributed by atoms with Crippen molar-refractivity contribution in [3.63, 3.8) is 0 Å². The van der Waals surface area contributed by atoms with Crippen molar-refractivity contribution >= 4 is 11.9 Å². The SMILES string of the molecule is O=C(O)C(F)(F)F.O=C1CCC2(CCCN(CCc3ccccc3)CC2)N1CC1CCCO1. The molecular formula is C24H33F3N2O4. The zero-order valence-corrected chi connectivity index (χ0v) is 18.9. The lowest BCUT2D eigenvalue weighted by molar-refractivity contribution is -0.192. The molecule has 3 saturated heterocycles. The van der Waals surface area contributed by atoms with Gasteiger partial charge in [-0.2, -0.15) is 13.2 Å². The number of benzene rings is 1. The summed E-state index contributed by atoms with van der Waals surface area (Å²) in [6.45, 7) is 5.09. The Morgan fingerprint density at radius 3 is 2.48 bits per heavy atom. The molecule has 3 aliphatic rings. The van der Waals surface area contributed by atoms with Crippen molar-refractivity contribution in [2.45, 2.75) is 69.2 Å². The van der Waals surface area contributed by atoms with Crippen LogP contribution in [-0.4, -0.2) is 77.4 Å². The Bertz CT molecular complexity index is 784. The fourth-order valence-electron chi connectivity index (χ4n) is 5.07. The minimum Gasteiger partial charge on any atom is -0.475 e. The first-order chi connectivity index (χ1) is 15.7. The number of ether oxygens (including phenoxy) is 1. The summed E-state index contributed by atoms with van der Waals surface area (Å²) in [5, 5.41) is 7.12. The van der Waals surface area contributed by atoms with Gasteiger partial charge in [-0.05, 0) is 57.1 Å². The summed E-state index contributed by atoms with van der Waals surface area (Å²) in [6, 6.07) is 10.8. The predicted octanol–water partition coefficient (Wildman–Crippen LogP) is 3.89. The van der Waals surface area contributed by atoms with E-state index in [4.69, 9.17) is 14.6 Å². The molecule has 1 aromatic carbocycles. The first-order valence-electron chi connectivity index (χ1n) is 11.7. The molecule has 184 valence electrons. The van der Waals surface area contributed by atoms with Gasteiger partial charge in [0.15, 0.2) is 0 Å². The van der Waals surface area contributed by atoms with Crippen LogP contribution in [0, 0.1) is 0 Å². The van der Waals surface area contributed by atoms with E-state index in [0.29, 0.717) is 5.91 Å². The van der Waals surface area contributed by atoms with Gasteiger partial charge in [0.2, 0.25) is 5.91 Å². The van der Waals surface area contributed by atoms with Crippen molar-refractivity contribution in [3.8, 4) is 0 Å². The van der Waals surface area contributed by atoms with E-state index in [2.05, 4.69) is 40.1 Å². The topological polar surface area (TPSA) is 70.1 Å². The Hall–Kier alpha value is -2.13. The number of carbonyl (C=O) groups is 2. The maximum atomic E-state index is 12.6. The second-order valence-corrected chi connectivity index (χ2v) is 9.10. The summed E-state index contributed by atoms with van der Waals surface area (Å²) in [5.41, 5.74) is 1.52. The van der Waals surface area contributed by atoms with Crippen LogP contribution in [0.5, 0.6) is 0 Å². The van der Waals surface area contributed by atoms with Crippen LogP contribution in [0.3, 0.4) is 0 Å². The number of halogens is 3. The van der Waals surface area contributed by atoms with Crippen LogP contribution in [0.25, 0.3) is 0 Å². The average molecular weight is 471 g/mol. The largest absolute Gasteiger partial charge is 0.490 e. The van der Waals surface area contributed by atoms with Gasteiger partial charge in [0.05, 0.1) is 6.10 Å². The average Bonchev–Trinajstić information content (AvgIpc) is 3.34. The molecule has 0 aliphatic carbocycles. The summed E-state index contributed by atoms with van der Waals surface area (Å²) in [4.78, 5) is 26.3. The van der Waals surface area contributed by atoms with E-state index in [1.807, 2.05) is 0 Å². The number of carboxylic acids is 1. The third kappa shape index (κ3) is 7.17. The normalized spacial score (nSPS) is 26.2. The minimum atomic E-state index is -5.08. The second-order valence-electron chi connectivity index (χ2n) is 9.10. The van der Waals surface area contributed by atoms with Gasteiger partial charge in [-0.1, -0.05) is 30.3 Å². The molecule has 2 unspecified atom stereocenters. The highest BCUT2D eigenvalue weighted by atomic mass is 19.4. The van der Waals surface area contributed by atoms with Crippen LogP contribution in [-0.2, 0) is 20.7 Å². The van der Waals surface area contributed by atoms with Crippen molar-refractivity contribution < 1.29 is 32.6 Å². The van der Waals surface area contributed by atoms with Crippen LogP contribution >= 0.6 is 0 Å². The van der Waals surface area contributed by atoms with Crippen LogP contribution < -0.4 is 0 Å². The number of rotatable bonds is 5. The maximum Gasteiger partial charge on any atom is 0.490 e. The van der Waals surface area contributed by atoms with Crippen molar-refractivity contribution in [1.29, 1.82) is 0 Å². The fraction of sp³-hybridized carbons (Fsp3) is 0.667. The second kappa shape index (κ2) is 11.3. The standard InChI is InChI=1S/C22H32N2O2.C2HF3O2/c25-21-9-12-22(24(21)18-20-8-4-17-26-20)11-5-14-23(16-13-22)15-10-19-6-2-1-3-7-19;3-2(4,5)1(6)7/h1-3,6-7,20H,4-5,8-18H2;(H,6,7). The molecule has 1 spiro atoms. The lowest BCUT2D eigenvalue weighted by atomic mass is 9.87. The number of hydrogen-bond acceptors (Lipinski definition) is 4. The number of carboxylic acid groups (broad SMARTS) is 1. The molecule has 1 aromatic rings. The van der Waals surface area contributed by atoms with Gasteiger partial charge in [-0.3, -0.25) is 4.79 Å². The minimum absolute atomic E-state index is 0.102. The molecule has 6 nitrogen and oxygen atoms in total. The van der Waals surface area contributed by atoms with Gasteiger partial charge in [0, 0.05) is 38.2 Å². The number of alkyl halides is 3. The lowest BCUT2D eigenvalue weighted by Crippen LogP contribution is -2.49. The maximum absolute atomic E-state index is 12.6. The summed E-state index contributed by atoms with van der Waals surface area (Å²) in [6.07, 6.45) is 3.83. The predicted molar refractivity (Wildman–Crippen MR) is 117 cm³/mol. The molecule has 2 atom stereocenters. The van der Waals surface area contributed by atoms with Gasteiger partial charge in [-0.15, -0.1) is 0 Å². The van der Waals surface area contributed by atoms with Gasteiger partial charge in [-0.25, -0.2) is 4.79 Å². The molecule has 3 fully saturated rings. The lowest BCUT2D eigenvalue weighted by Gasteiger charge is -2.39. The van der Waals surface area contributed by atoms with E-state index in [0.717, 1.165) is 77.7 Å². The van der Waals surface area contributed by atoms with E-state index >= 15 is 0 Å². The number of likely N-dealkylation sites (tertiary alicyclic amines) is 2. The molecule has 0 aromatic heterocycles. The number of nitrogens with zero attached hydrogens (tertiary/aromatic N) is 2. The van der Waals surface area contributed by atoms with Crippen LogP contribution in [0.4, 0.5) is 13.2 Å². The monoisotopic (exact) mass is 470 g/mol. The van der Waals surface area contributed by atoms with Gasteiger partial charge in [0.1, 0.15) is 0 Å². The Labute approximate surface area is 192 Å². The molecule has 33 heavy (non-hydrogen) atoms. The van der Waals surface area contributed by atoms with Gasteiger partial charge in [0.25, 0.3) is 0 Å².